The van der Waals surface area contributed by atoms with Crippen molar-refractivity contribution >= 4 is 17.6 Å². The number of aryl methyl sites for hydroxylation is 2. The highest BCUT2D eigenvalue weighted by molar-refractivity contribution is 5.96. The summed E-state index contributed by atoms with van der Waals surface area (Å²) in [5, 5.41) is 6.24. The normalized spacial score (nSPS) is 11.6. The van der Waals surface area contributed by atoms with Crippen LogP contribution in [-0.4, -0.2) is 25.5 Å². The third kappa shape index (κ3) is 5.33. The van der Waals surface area contributed by atoms with Gasteiger partial charge in [0.05, 0.1) is 25.3 Å². The molecule has 0 saturated carbocycles. The Morgan fingerprint density at radius 3 is 2.23 bits per heavy atom. The van der Waals surface area contributed by atoms with Crippen molar-refractivity contribution in [3.05, 3.63) is 101 Å². The molecule has 3 rings (SSSR count). The zero-order chi connectivity index (χ0) is 21.5. The van der Waals surface area contributed by atoms with E-state index in [1.165, 1.54) is 12.7 Å². The smallest absolute Gasteiger partial charge is 0.337 e. The number of carbonyl (C=O) groups excluding carboxylic acids is 2. The van der Waals surface area contributed by atoms with E-state index in [-0.39, 0.29) is 18.5 Å². The summed E-state index contributed by atoms with van der Waals surface area (Å²) in [6.45, 7) is 4.05. The van der Waals surface area contributed by atoms with E-state index < -0.39 is 5.97 Å². The van der Waals surface area contributed by atoms with Gasteiger partial charge in [0.2, 0.25) is 5.91 Å². The van der Waals surface area contributed by atoms with Gasteiger partial charge in [-0.2, -0.15) is 0 Å². The zero-order valence-corrected chi connectivity index (χ0v) is 17.4. The van der Waals surface area contributed by atoms with Crippen LogP contribution >= 0.6 is 0 Å². The van der Waals surface area contributed by atoms with E-state index in [0.29, 0.717) is 11.3 Å². The zero-order valence-electron chi connectivity index (χ0n) is 17.4. The van der Waals surface area contributed by atoms with Crippen LogP contribution in [-0.2, 0) is 9.53 Å². The fourth-order valence-electron chi connectivity index (χ4n) is 3.22. The summed E-state index contributed by atoms with van der Waals surface area (Å²) in [4.78, 5) is 24.4. The Kier molecular flexibility index (Phi) is 6.99. The van der Waals surface area contributed by atoms with Crippen molar-refractivity contribution < 1.29 is 14.3 Å². The van der Waals surface area contributed by atoms with Crippen molar-refractivity contribution in [2.45, 2.75) is 19.9 Å². The molecule has 0 aliphatic rings. The molecule has 2 N–H and O–H groups in total. The lowest BCUT2D eigenvalue weighted by Crippen LogP contribution is -2.32. The van der Waals surface area contributed by atoms with Crippen molar-refractivity contribution in [1.82, 2.24) is 5.32 Å². The van der Waals surface area contributed by atoms with Gasteiger partial charge in [-0.1, -0.05) is 66.2 Å². The molecular formula is C25H26N2O3. The Labute approximate surface area is 177 Å². The molecule has 0 heterocycles. The van der Waals surface area contributed by atoms with E-state index >= 15 is 0 Å². The topological polar surface area (TPSA) is 67.4 Å². The van der Waals surface area contributed by atoms with Gasteiger partial charge >= 0.3 is 5.97 Å². The number of hydrogen-bond donors (Lipinski definition) is 2. The molecule has 0 radical (unpaired) electrons. The van der Waals surface area contributed by atoms with Crippen LogP contribution in [0.4, 0.5) is 5.69 Å². The Morgan fingerprint density at radius 2 is 1.57 bits per heavy atom. The van der Waals surface area contributed by atoms with Gasteiger partial charge in [-0.15, -0.1) is 0 Å². The highest BCUT2D eigenvalue weighted by atomic mass is 16.5. The average Bonchev–Trinajstić information content (AvgIpc) is 2.77. The number of carbonyl (C=O) groups is 2. The molecule has 3 aromatic rings. The molecule has 0 aliphatic heterocycles. The summed E-state index contributed by atoms with van der Waals surface area (Å²) in [5.74, 6) is -0.625. The molecule has 0 unspecified atom stereocenters. The number of benzene rings is 3. The molecule has 0 saturated heterocycles. The third-order valence-corrected chi connectivity index (χ3v) is 4.94. The summed E-state index contributed by atoms with van der Waals surface area (Å²) in [6, 6.07) is 23.3. The summed E-state index contributed by atoms with van der Waals surface area (Å²) in [5.41, 5.74) is 5.21. The van der Waals surface area contributed by atoms with Gasteiger partial charge < -0.3 is 10.1 Å². The second-order valence-electron chi connectivity index (χ2n) is 7.20. The average molecular weight is 402 g/mol. The molecule has 1 atom stereocenters. The van der Waals surface area contributed by atoms with Crippen LogP contribution in [0, 0.1) is 13.8 Å². The lowest BCUT2D eigenvalue weighted by Gasteiger charge is -2.20. The summed E-state index contributed by atoms with van der Waals surface area (Å²) in [7, 11) is 1.33. The van der Waals surface area contributed by atoms with Gasteiger partial charge in [-0.25, -0.2) is 4.79 Å². The largest absolute Gasteiger partial charge is 0.465 e. The number of ether oxygens (including phenoxy) is 1. The van der Waals surface area contributed by atoms with Crippen LogP contribution in [0.2, 0.25) is 0 Å². The molecular weight excluding hydrogens is 376 g/mol. The van der Waals surface area contributed by atoms with Crippen LogP contribution in [0.3, 0.4) is 0 Å². The van der Waals surface area contributed by atoms with Crippen molar-refractivity contribution in [3.8, 4) is 0 Å². The minimum absolute atomic E-state index is 0.111. The molecule has 5 nitrogen and oxygen atoms in total. The molecule has 1 amide bonds. The molecule has 0 spiro atoms. The van der Waals surface area contributed by atoms with E-state index in [4.69, 9.17) is 4.74 Å². The molecule has 5 heteroatoms. The van der Waals surface area contributed by atoms with Crippen molar-refractivity contribution in [2.24, 2.45) is 0 Å². The minimum atomic E-state index is -0.438. The van der Waals surface area contributed by atoms with E-state index in [1.807, 2.05) is 44.2 Å². The van der Waals surface area contributed by atoms with Crippen LogP contribution in [0.15, 0.2) is 72.8 Å². The van der Waals surface area contributed by atoms with Crippen molar-refractivity contribution in [1.29, 1.82) is 0 Å². The van der Waals surface area contributed by atoms with E-state index in [9.17, 15) is 9.59 Å². The quantitative estimate of drug-likeness (QED) is 0.575. The summed E-state index contributed by atoms with van der Waals surface area (Å²) >= 11 is 0. The summed E-state index contributed by atoms with van der Waals surface area (Å²) < 4.78 is 4.76. The van der Waals surface area contributed by atoms with Crippen molar-refractivity contribution in [3.63, 3.8) is 0 Å². The number of anilines is 1. The predicted molar refractivity (Wildman–Crippen MR) is 119 cm³/mol. The number of nitrogens with one attached hydrogen (secondary N) is 2. The van der Waals surface area contributed by atoms with Gasteiger partial charge in [0.25, 0.3) is 0 Å². The Hall–Kier alpha value is -3.44. The van der Waals surface area contributed by atoms with E-state index in [1.54, 1.807) is 18.2 Å². The first-order valence-corrected chi connectivity index (χ1v) is 9.81. The third-order valence-electron chi connectivity index (χ3n) is 4.94. The van der Waals surface area contributed by atoms with E-state index in [0.717, 1.165) is 16.7 Å². The molecule has 0 fully saturated rings. The number of rotatable bonds is 7. The molecule has 3 aromatic carbocycles. The maximum atomic E-state index is 12.6. The Morgan fingerprint density at radius 1 is 0.900 bits per heavy atom. The Bertz CT molecular complexity index is 1010. The number of esters is 1. The highest BCUT2D eigenvalue weighted by Crippen LogP contribution is 2.22. The second-order valence-corrected chi connectivity index (χ2v) is 7.20. The molecule has 0 bridgehead atoms. The second kappa shape index (κ2) is 9.85. The van der Waals surface area contributed by atoms with Gasteiger partial charge in [0, 0.05) is 5.69 Å². The summed E-state index contributed by atoms with van der Waals surface area (Å²) in [6.07, 6.45) is 0. The SMILES string of the molecule is COC(=O)c1ccc(C)c(NC(=O)CN[C@@H](c2ccccc2)c2ccc(C)cc2)c1. The minimum Gasteiger partial charge on any atom is -0.465 e. The lowest BCUT2D eigenvalue weighted by molar-refractivity contribution is -0.115. The Balaban J connectivity index is 1.74. The van der Waals surface area contributed by atoms with Gasteiger partial charge in [0.1, 0.15) is 0 Å². The highest BCUT2D eigenvalue weighted by Gasteiger charge is 2.16. The number of hydrogen-bond acceptors (Lipinski definition) is 4. The fraction of sp³-hybridized carbons (Fsp3) is 0.200. The molecule has 154 valence electrons. The van der Waals surface area contributed by atoms with E-state index in [2.05, 4.69) is 34.9 Å². The first-order valence-electron chi connectivity index (χ1n) is 9.81. The van der Waals surface area contributed by atoms with Gasteiger partial charge in [0.15, 0.2) is 0 Å². The standard InChI is InChI=1S/C25H26N2O3/c1-17-9-12-20(13-10-17)24(19-7-5-4-6-8-19)26-16-23(28)27-22-15-21(25(29)30-3)14-11-18(22)2/h4-15,24,26H,16H2,1-3H3,(H,27,28)/t24-/m0/s1. The monoisotopic (exact) mass is 402 g/mol. The van der Waals surface area contributed by atoms with Crippen LogP contribution < -0.4 is 10.6 Å². The van der Waals surface area contributed by atoms with Crippen LogP contribution in [0.1, 0.15) is 38.7 Å². The van der Waals surface area contributed by atoms with Gasteiger partial charge in [-0.05, 0) is 42.7 Å². The molecule has 0 aromatic heterocycles. The maximum absolute atomic E-state index is 12.6. The van der Waals surface area contributed by atoms with Crippen LogP contribution in [0.25, 0.3) is 0 Å². The maximum Gasteiger partial charge on any atom is 0.337 e. The van der Waals surface area contributed by atoms with Gasteiger partial charge in [-0.3, -0.25) is 10.1 Å². The lowest BCUT2D eigenvalue weighted by atomic mass is 9.98. The number of methoxy groups -OCH3 is 1. The number of amides is 1. The fourth-order valence-corrected chi connectivity index (χ4v) is 3.22. The molecule has 0 aliphatic carbocycles. The first kappa shape index (κ1) is 21.3. The van der Waals surface area contributed by atoms with Crippen molar-refractivity contribution in [2.75, 3.05) is 19.0 Å². The van der Waals surface area contributed by atoms with Crippen LogP contribution in [0.5, 0.6) is 0 Å². The molecule has 30 heavy (non-hydrogen) atoms. The first-order chi connectivity index (χ1) is 14.5. The predicted octanol–water partition coefficient (Wildman–Crippen LogP) is 4.41.